The van der Waals surface area contributed by atoms with Crippen LogP contribution in [0.5, 0.6) is 0 Å². The Morgan fingerprint density at radius 3 is 2.47 bits per heavy atom. The molecule has 1 unspecified atom stereocenters. The highest BCUT2D eigenvalue weighted by Gasteiger charge is 2.22. The van der Waals surface area contributed by atoms with Crippen LogP contribution in [0, 0.1) is 0 Å². The average Bonchev–Trinajstić information content (AvgIpc) is 2.15. The fourth-order valence-electron chi connectivity index (χ4n) is 1.69. The molecule has 1 atom stereocenters. The highest BCUT2D eigenvalue weighted by Crippen LogP contribution is 2.21. The first-order valence-electron chi connectivity index (χ1n) is 6.13. The number of alkyl carbamates (subject to hydrolysis) is 1. The van der Waals surface area contributed by atoms with Gasteiger partial charge in [-0.3, -0.25) is 0 Å². The highest BCUT2D eigenvalue weighted by atomic mass is 32.2. The summed E-state index contributed by atoms with van der Waals surface area (Å²) in [7, 11) is -3.47. The minimum atomic E-state index is -3.47. The van der Waals surface area contributed by atoms with E-state index < -0.39 is 21.8 Å². The van der Waals surface area contributed by atoms with E-state index in [0.29, 0.717) is 25.0 Å². The molecule has 0 aromatic rings. The Kier molecular flexibility index (Phi) is 4.84. The number of carbonyl (C=O) groups is 1. The summed E-state index contributed by atoms with van der Waals surface area (Å²) < 4.78 is 31.9. The first-order chi connectivity index (χ1) is 8.55. The lowest BCUT2D eigenvalue weighted by Crippen LogP contribution is -2.39. The molecule has 19 heavy (non-hydrogen) atoms. The molecule has 0 fully saturated rings. The predicted molar refractivity (Wildman–Crippen MR) is 71.0 cm³/mol. The summed E-state index contributed by atoms with van der Waals surface area (Å²) >= 11 is 0. The molecule has 0 aromatic carbocycles. The zero-order valence-corrected chi connectivity index (χ0v) is 12.5. The van der Waals surface area contributed by atoms with Crippen molar-refractivity contribution < 1.29 is 22.1 Å². The van der Waals surface area contributed by atoms with Crippen LogP contribution in [0.2, 0.25) is 0 Å². The minimum absolute atomic E-state index is 0.0539. The third kappa shape index (κ3) is 7.05. The van der Waals surface area contributed by atoms with E-state index in [9.17, 15) is 13.2 Å². The highest BCUT2D eigenvalue weighted by molar-refractivity contribution is 7.86. The third-order valence-electron chi connectivity index (χ3n) is 2.35. The molecule has 1 rings (SSSR count). The van der Waals surface area contributed by atoms with Crippen molar-refractivity contribution in [1.29, 1.82) is 0 Å². The van der Waals surface area contributed by atoms with Gasteiger partial charge in [0.05, 0.1) is 6.26 Å². The molecular formula is C12H21NO5S. The fourth-order valence-corrected chi connectivity index (χ4v) is 2.23. The Morgan fingerprint density at radius 1 is 1.42 bits per heavy atom. The normalized spacial score (nSPS) is 20.4. The molecule has 1 amide bonds. The van der Waals surface area contributed by atoms with Crippen molar-refractivity contribution in [1.82, 2.24) is 5.32 Å². The van der Waals surface area contributed by atoms with E-state index in [0.717, 1.165) is 6.26 Å². The molecule has 0 bridgehead atoms. The van der Waals surface area contributed by atoms with Gasteiger partial charge in [0.1, 0.15) is 11.4 Å². The molecule has 0 heterocycles. The monoisotopic (exact) mass is 291 g/mol. The van der Waals surface area contributed by atoms with Crippen LogP contribution in [0.4, 0.5) is 4.79 Å². The average molecular weight is 291 g/mol. The van der Waals surface area contributed by atoms with E-state index in [2.05, 4.69) is 5.32 Å². The number of hydrogen-bond donors (Lipinski definition) is 1. The van der Waals surface area contributed by atoms with Crippen LogP contribution in [0.3, 0.4) is 0 Å². The SMILES string of the molecule is CC(C)(C)OC(=O)NC1CC=C(OS(C)(=O)=O)CC1. The molecule has 0 radical (unpaired) electrons. The molecule has 7 heteroatoms. The molecular weight excluding hydrogens is 270 g/mol. The second kappa shape index (κ2) is 5.81. The van der Waals surface area contributed by atoms with Gasteiger partial charge in [-0.1, -0.05) is 0 Å². The van der Waals surface area contributed by atoms with E-state index in [4.69, 9.17) is 8.92 Å². The molecule has 1 N–H and O–H groups in total. The van der Waals surface area contributed by atoms with Crippen LogP contribution in [-0.2, 0) is 19.0 Å². The number of rotatable bonds is 3. The Balaban J connectivity index is 2.44. The molecule has 0 saturated carbocycles. The van der Waals surface area contributed by atoms with Crippen LogP contribution in [0.25, 0.3) is 0 Å². The van der Waals surface area contributed by atoms with Gasteiger partial charge in [0.2, 0.25) is 0 Å². The molecule has 0 spiro atoms. The van der Waals surface area contributed by atoms with Crippen molar-refractivity contribution in [3.8, 4) is 0 Å². The molecule has 0 aromatic heterocycles. The van der Waals surface area contributed by atoms with Gasteiger partial charge >= 0.3 is 16.2 Å². The van der Waals surface area contributed by atoms with Gasteiger partial charge in [-0.15, -0.1) is 0 Å². The summed E-state index contributed by atoms with van der Waals surface area (Å²) in [6.07, 6.45) is 3.88. The van der Waals surface area contributed by atoms with Crippen LogP contribution >= 0.6 is 0 Å². The second-order valence-electron chi connectivity index (χ2n) is 5.58. The summed E-state index contributed by atoms with van der Waals surface area (Å²) in [5.41, 5.74) is -0.529. The van der Waals surface area contributed by atoms with Crippen molar-refractivity contribution in [2.45, 2.75) is 51.7 Å². The van der Waals surface area contributed by atoms with Crippen LogP contribution < -0.4 is 5.32 Å². The van der Waals surface area contributed by atoms with E-state index in [1.54, 1.807) is 26.8 Å². The Hall–Kier alpha value is -1.24. The number of carbonyl (C=O) groups excluding carboxylic acids is 1. The number of ether oxygens (including phenoxy) is 1. The van der Waals surface area contributed by atoms with Gasteiger partial charge in [-0.25, -0.2) is 4.79 Å². The van der Waals surface area contributed by atoms with Gasteiger partial charge in [0.25, 0.3) is 0 Å². The van der Waals surface area contributed by atoms with E-state index in [-0.39, 0.29) is 6.04 Å². The van der Waals surface area contributed by atoms with E-state index in [1.165, 1.54) is 0 Å². The topological polar surface area (TPSA) is 81.7 Å². The number of allylic oxidation sites excluding steroid dienone is 1. The molecule has 110 valence electrons. The van der Waals surface area contributed by atoms with Crippen molar-refractivity contribution in [2.24, 2.45) is 0 Å². The fraction of sp³-hybridized carbons (Fsp3) is 0.750. The first-order valence-corrected chi connectivity index (χ1v) is 7.95. The van der Waals surface area contributed by atoms with E-state index >= 15 is 0 Å². The van der Waals surface area contributed by atoms with Gasteiger partial charge < -0.3 is 14.2 Å². The Morgan fingerprint density at radius 2 is 2.05 bits per heavy atom. The molecule has 1 aliphatic carbocycles. The van der Waals surface area contributed by atoms with Crippen LogP contribution in [-0.4, -0.2) is 32.4 Å². The zero-order chi connectivity index (χ0) is 14.7. The Labute approximate surface area is 114 Å². The summed E-state index contributed by atoms with van der Waals surface area (Å²) in [6.45, 7) is 5.39. The maximum atomic E-state index is 11.6. The number of hydrogen-bond acceptors (Lipinski definition) is 5. The van der Waals surface area contributed by atoms with Crippen LogP contribution in [0.15, 0.2) is 11.8 Å². The summed E-state index contributed by atoms with van der Waals surface area (Å²) in [5, 5.41) is 2.75. The molecule has 1 aliphatic rings. The second-order valence-corrected chi connectivity index (χ2v) is 7.15. The largest absolute Gasteiger partial charge is 0.444 e. The van der Waals surface area contributed by atoms with Crippen molar-refractivity contribution >= 4 is 16.2 Å². The first kappa shape index (κ1) is 15.8. The number of amides is 1. The standard InChI is InChI=1S/C12H21NO5S/c1-12(2,3)17-11(14)13-9-5-7-10(8-6-9)18-19(4,15)16/h7,9H,5-6,8H2,1-4H3,(H,13,14). The van der Waals surface area contributed by atoms with Gasteiger partial charge in [0, 0.05) is 12.5 Å². The summed E-state index contributed by atoms with van der Waals surface area (Å²) in [6, 6.07) is -0.0539. The zero-order valence-electron chi connectivity index (χ0n) is 11.7. The minimum Gasteiger partial charge on any atom is -0.444 e. The lowest BCUT2D eigenvalue weighted by atomic mass is 10.0. The van der Waals surface area contributed by atoms with Gasteiger partial charge in [-0.05, 0) is 39.7 Å². The predicted octanol–water partition coefficient (Wildman–Crippen LogP) is 1.92. The van der Waals surface area contributed by atoms with Crippen molar-refractivity contribution in [2.75, 3.05) is 6.26 Å². The summed E-state index contributed by atoms with van der Waals surface area (Å²) in [5.74, 6) is 0.435. The van der Waals surface area contributed by atoms with Crippen LogP contribution in [0.1, 0.15) is 40.0 Å². The van der Waals surface area contributed by atoms with Gasteiger partial charge in [0.15, 0.2) is 0 Å². The molecule has 6 nitrogen and oxygen atoms in total. The maximum Gasteiger partial charge on any atom is 0.407 e. The van der Waals surface area contributed by atoms with E-state index in [1.807, 2.05) is 0 Å². The summed E-state index contributed by atoms with van der Waals surface area (Å²) in [4.78, 5) is 11.6. The lowest BCUT2D eigenvalue weighted by Gasteiger charge is -2.25. The Bertz CT molecular complexity index is 461. The van der Waals surface area contributed by atoms with Crippen molar-refractivity contribution in [3.05, 3.63) is 11.8 Å². The quantitative estimate of drug-likeness (QED) is 0.803. The molecule has 0 saturated heterocycles. The number of nitrogens with one attached hydrogen (secondary N) is 1. The maximum absolute atomic E-state index is 11.6. The molecule has 0 aliphatic heterocycles. The smallest absolute Gasteiger partial charge is 0.407 e. The third-order valence-corrected chi connectivity index (χ3v) is 2.87. The lowest BCUT2D eigenvalue weighted by molar-refractivity contribution is 0.0499. The van der Waals surface area contributed by atoms with Gasteiger partial charge in [-0.2, -0.15) is 8.42 Å². The van der Waals surface area contributed by atoms with Crippen molar-refractivity contribution in [3.63, 3.8) is 0 Å².